The van der Waals surface area contributed by atoms with E-state index in [0.29, 0.717) is 0 Å². The van der Waals surface area contributed by atoms with E-state index in [0.717, 1.165) is 0 Å². The maximum absolute atomic E-state index is 2.34. The van der Waals surface area contributed by atoms with Crippen LogP contribution in [-0.4, -0.2) is 0 Å². The van der Waals surface area contributed by atoms with Crippen LogP contribution in [0.5, 0.6) is 0 Å². The minimum absolute atomic E-state index is 0.159. The fourth-order valence-corrected chi connectivity index (χ4v) is 6.55. The fraction of sp³-hybridized carbons (Fsp3) is 0.185. The van der Waals surface area contributed by atoms with Gasteiger partial charge < -0.3 is 0 Å². The third kappa shape index (κ3) is 1.90. The Balaban J connectivity index is 0.000000829. The second kappa shape index (κ2) is 6.18. The van der Waals surface area contributed by atoms with Crippen LogP contribution < -0.4 is 0 Å². The number of fused-ring (bicyclic) bond motifs is 10. The summed E-state index contributed by atoms with van der Waals surface area (Å²) in [6.45, 7) is 8.58. The van der Waals surface area contributed by atoms with Crippen molar-refractivity contribution in [2.24, 2.45) is 0 Å². The molecule has 0 unspecified atom stereocenters. The van der Waals surface area contributed by atoms with Crippen molar-refractivity contribution in [3.05, 3.63) is 105 Å². The van der Waals surface area contributed by atoms with E-state index in [2.05, 4.69) is 86.6 Å². The number of hydrogen-bond donors (Lipinski definition) is 0. The average Bonchev–Trinajstić information content (AvgIpc) is 3.34. The predicted octanol–water partition coefficient (Wildman–Crippen LogP) is 7.73. The predicted molar refractivity (Wildman–Crippen MR) is 121 cm³/mol. The zero-order valence-corrected chi connectivity index (χ0v) is 17.7. The molecule has 0 amide bonds. The van der Waals surface area contributed by atoms with Gasteiger partial charge in [-0.25, -0.2) is 0 Å². The van der Waals surface area contributed by atoms with Crippen LogP contribution in [-0.2, 0) is 5.41 Å². The zero-order valence-electron chi connectivity index (χ0n) is 16.8. The van der Waals surface area contributed by atoms with Gasteiger partial charge in [0.05, 0.1) is 5.41 Å². The topological polar surface area (TPSA) is 0 Å². The Bertz CT molecular complexity index is 1160. The van der Waals surface area contributed by atoms with Gasteiger partial charge in [0.2, 0.25) is 0 Å². The summed E-state index contributed by atoms with van der Waals surface area (Å²) in [6.07, 6.45) is 0. The molecule has 0 radical (unpaired) electrons. The highest BCUT2D eigenvalue weighted by atomic mass is 32.1. The molecule has 1 aromatic heterocycles. The Labute approximate surface area is 171 Å². The Morgan fingerprint density at radius 3 is 1.54 bits per heavy atom. The molecule has 28 heavy (non-hydrogen) atoms. The largest absolute Gasteiger partial charge is 0.145 e. The molecular weight excluding hydrogens is 356 g/mol. The molecular formula is C27H24S. The van der Waals surface area contributed by atoms with E-state index >= 15 is 0 Å². The van der Waals surface area contributed by atoms with E-state index < -0.39 is 0 Å². The van der Waals surface area contributed by atoms with Crippen LogP contribution in [0.3, 0.4) is 0 Å². The third-order valence-corrected chi connectivity index (χ3v) is 7.21. The number of benzene rings is 3. The number of rotatable bonds is 0. The van der Waals surface area contributed by atoms with Crippen LogP contribution in [0, 0.1) is 13.8 Å². The Morgan fingerprint density at radius 1 is 0.571 bits per heavy atom. The molecule has 1 heterocycles. The molecule has 1 heteroatoms. The first-order valence-corrected chi connectivity index (χ1v) is 11.0. The smallest absolute Gasteiger partial charge is 0.0736 e. The summed E-state index contributed by atoms with van der Waals surface area (Å²) in [5.41, 5.74) is 11.3. The quantitative estimate of drug-likeness (QED) is 0.253. The molecule has 3 aromatic carbocycles. The van der Waals surface area contributed by atoms with Crippen molar-refractivity contribution >= 4 is 11.3 Å². The third-order valence-electron chi connectivity index (χ3n) is 6.19. The van der Waals surface area contributed by atoms with E-state index in [1.54, 1.807) is 0 Å². The number of hydrogen-bond acceptors (Lipinski definition) is 1. The zero-order chi connectivity index (χ0) is 19.5. The van der Waals surface area contributed by atoms with Gasteiger partial charge in [0, 0.05) is 15.3 Å². The first-order valence-electron chi connectivity index (χ1n) is 10.1. The molecule has 0 nitrogen and oxygen atoms in total. The normalized spacial score (nSPS) is 14.0. The van der Waals surface area contributed by atoms with Crippen LogP contribution in [0.4, 0.5) is 0 Å². The fourth-order valence-electron chi connectivity index (χ4n) is 5.42. The van der Waals surface area contributed by atoms with E-state index in [4.69, 9.17) is 0 Å². The minimum Gasteiger partial charge on any atom is -0.145 e. The summed E-state index contributed by atoms with van der Waals surface area (Å²) in [4.78, 5) is 2.88. The lowest BCUT2D eigenvalue weighted by molar-refractivity contribution is 0.791. The van der Waals surface area contributed by atoms with Gasteiger partial charge >= 0.3 is 0 Å². The van der Waals surface area contributed by atoms with Crippen LogP contribution in [0.2, 0.25) is 0 Å². The van der Waals surface area contributed by atoms with Gasteiger partial charge in [0.15, 0.2) is 0 Å². The lowest BCUT2D eigenvalue weighted by Gasteiger charge is -2.30. The highest BCUT2D eigenvalue weighted by Gasteiger charge is 2.53. The average molecular weight is 381 g/mol. The Morgan fingerprint density at radius 2 is 1.00 bits per heavy atom. The molecule has 0 bridgehead atoms. The molecule has 0 N–H and O–H groups in total. The lowest BCUT2D eigenvalue weighted by Crippen LogP contribution is -2.26. The maximum Gasteiger partial charge on any atom is 0.0736 e. The monoisotopic (exact) mass is 380 g/mol. The molecule has 138 valence electrons. The molecule has 2 aliphatic carbocycles. The number of aryl methyl sites for hydroxylation is 2. The van der Waals surface area contributed by atoms with Crippen molar-refractivity contribution in [2.45, 2.75) is 33.1 Å². The second-order valence-corrected chi connectivity index (χ2v) is 8.78. The summed E-state index contributed by atoms with van der Waals surface area (Å²) in [7, 11) is 0. The van der Waals surface area contributed by atoms with Gasteiger partial charge in [-0.2, -0.15) is 0 Å². The van der Waals surface area contributed by atoms with Gasteiger partial charge in [0.25, 0.3) is 0 Å². The van der Waals surface area contributed by atoms with Crippen LogP contribution >= 0.6 is 11.3 Å². The van der Waals surface area contributed by atoms with E-state index in [1.165, 1.54) is 54.3 Å². The summed E-state index contributed by atoms with van der Waals surface area (Å²) in [6, 6.07) is 27.0. The van der Waals surface area contributed by atoms with Crippen molar-refractivity contribution in [1.29, 1.82) is 0 Å². The summed E-state index contributed by atoms with van der Waals surface area (Å²) in [5, 5.41) is 0. The van der Waals surface area contributed by atoms with Gasteiger partial charge in [0.1, 0.15) is 0 Å². The Kier molecular flexibility index (Phi) is 3.86. The molecule has 1 spiro atoms. The molecule has 0 fully saturated rings. The van der Waals surface area contributed by atoms with Gasteiger partial charge in [-0.1, -0.05) is 86.6 Å². The maximum atomic E-state index is 2.34. The van der Waals surface area contributed by atoms with Crippen molar-refractivity contribution in [3.63, 3.8) is 0 Å². The van der Waals surface area contributed by atoms with Crippen LogP contribution in [0.1, 0.15) is 45.9 Å². The molecule has 0 aliphatic heterocycles. The van der Waals surface area contributed by atoms with Gasteiger partial charge in [-0.15, -0.1) is 11.3 Å². The second-order valence-electron chi connectivity index (χ2n) is 7.35. The van der Waals surface area contributed by atoms with Gasteiger partial charge in [-0.05, 0) is 52.8 Å². The first-order chi connectivity index (χ1) is 13.7. The van der Waals surface area contributed by atoms with Crippen LogP contribution in [0.25, 0.3) is 22.3 Å². The summed E-state index contributed by atoms with van der Waals surface area (Å²) >= 11 is 1.95. The SMILES string of the molecule is CC.Cc1sc(C)c2c1-c1ccccc1C21c2ccccc2-c2ccccc21. The summed E-state index contributed by atoms with van der Waals surface area (Å²) in [5.74, 6) is 0. The van der Waals surface area contributed by atoms with E-state index in [-0.39, 0.29) is 5.41 Å². The highest BCUT2D eigenvalue weighted by molar-refractivity contribution is 7.12. The molecule has 0 saturated heterocycles. The molecule has 0 atom stereocenters. The van der Waals surface area contributed by atoms with Crippen molar-refractivity contribution in [3.8, 4) is 22.3 Å². The van der Waals surface area contributed by atoms with Crippen molar-refractivity contribution < 1.29 is 0 Å². The molecule has 2 aliphatic rings. The number of thiophene rings is 1. The van der Waals surface area contributed by atoms with E-state index in [1.807, 2.05) is 25.2 Å². The Hall–Kier alpha value is -2.64. The van der Waals surface area contributed by atoms with Crippen molar-refractivity contribution in [2.75, 3.05) is 0 Å². The molecule has 0 saturated carbocycles. The minimum atomic E-state index is -0.159. The lowest BCUT2D eigenvalue weighted by atomic mass is 9.70. The summed E-state index contributed by atoms with van der Waals surface area (Å²) < 4.78 is 0. The molecule has 4 aromatic rings. The van der Waals surface area contributed by atoms with Crippen LogP contribution in [0.15, 0.2) is 72.8 Å². The van der Waals surface area contributed by atoms with Crippen molar-refractivity contribution in [1.82, 2.24) is 0 Å². The van der Waals surface area contributed by atoms with Gasteiger partial charge in [-0.3, -0.25) is 0 Å². The standard InChI is InChI=1S/C25H18S.C2H6/c1-15-23-19-11-5-8-14-22(19)25(24(23)16(2)26-15)20-12-6-3-9-17(20)18-10-4-7-13-21(18)25;1-2/h3-14H,1-2H3;1-2H3. The highest BCUT2D eigenvalue weighted by Crippen LogP contribution is 2.65. The molecule has 6 rings (SSSR count). The first kappa shape index (κ1) is 17.5. The van der Waals surface area contributed by atoms with E-state index in [9.17, 15) is 0 Å².